The molecule has 2 aliphatic rings. The number of anilines is 1. The number of nitrogens with zero attached hydrogens (tertiary/aromatic N) is 6. The van der Waals surface area contributed by atoms with Crippen LogP contribution in [-0.2, 0) is 9.47 Å². The van der Waals surface area contributed by atoms with E-state index in [-0.39, 0.29) is 12.3 Å². The minimum Gasteiger partial charge on any atom is -0.377 e. The average Bonchev–Trinajstić information content (AvgIpc) is 3.38. The molecular weight excluding hydrogens is 440 g/mol. The molecule has 6 heterocycles. The molecule has 8 heteroatoms. The third kappa shape index (κ3) is 4.17. The Morgan fingerprint density at radius 2 is 1.97 bits per heavy atom. The molecule has 0 bridgehead atoms. The van der Waals surface area contributed by atoms with Crippen molar-refractivity contribution in [3.63, 3.8) is 0 Å². The number of aryl methyl sites for hydroxylation is 1. The molecule has 2 fully saturated rings. The van der Waals surface area contributed by atoms with E-state index < -0.39 is 0 Å². The van der Waals surface area contributed by atoms with Crippen LogP contribution in [0, 0.1) is 6.92 Å². The van der Waals surface area contributed by atoms with E-state index in [0.717, 1.165) is 77.5 Å². The first-order valence-corrected chi connectivity index (χ1v) is 12.4. The third-order valence-electron chi connectivity index (χ3n) is 6.88. The zero-order valence-electron chi connectivity index (χ0n) is 20.2. The van der Waals surface area contributed by atoms with Gasteiger partial charge in [0.25, 0.3) is 0 Å². The standard InChI is InChI=1S/C27H30N6O2/c1-18-6-5-7-22(30-18)21-16-24(32-13-15-34-17-19(32)2)31-26-20(21)9-11-28-27(26)23-10-12-29-33(23)25-8-3-4-14-35-25/h5-7,9-12,16,19,25H,3-4,8,13-15,17H2,1-2H3. The summed E-state index contributed by atoms with van der Waals surface area (Å²) in [6.45, 7) is 7.12. The monoisotopic (exact) mass is 470 g/mol. The van der Waals surface area contributed by atoms with Crippen molar-refractivity contribution in [2.24, 2.45) is 0 Å². The first-order chi connectivity index (χ1) is 17.2. The van der Waals surface area contributed by atoms with E-state index in [1.807, 2.05) is 42.2 Å². The summed E-state index contributed by atoms with van der Waals surface area (Å²) in [5.41, 5.74) is 5.54. The summed E-state index contributed by atoms with van der Waals surface area (Å²) in [6, 6.07) is 12.6. The summed E-state index contributed by atoms with van der Waals surface area (Å²) in [4.78, 5) is 17.2. The smallest absolute Gasteiger partial charge is 0.150 e. The molecule has 180 valence electrons. The third-order valence-corrected chi connectivity index (χ3v) is 6.88. The molecule has 35 heavy (non-hydrogen) atoms. The van der Waals surface area contributed by atoms with Crippen LogP contribution in [0.5, 0.6) is 0 Å². The highest BCUT2D eigenvalue weighted by Crippen LogP contribution is 2.36. The van der Waals surface area contributed by atoms with Gasteiger partial charge in [0.1, 0.15) is 17.0 Å². The summed E-state index contributed by atoms with van der Waals surface area (Å²) >= 11 is 0. The van der Waals surface area contributed by atoms with Crippen molar-refractivity contribution in [2.75, 3.05) is 31.3 Å². The lowest BCUT2D eigenvalue weighted by Crippen LogP contribution is -2.44. The van der Waals surface area contributed by atoms with Gasteiger partial charge in [0, 0.05) is 42.2 Å². The summed E-state index contributed by atoms with van der Waals surface area (Å²) in [5, 5.41) is 5.65. The lowest BCUT2D eigenvalue weighted by molar-refractivity contribution is -0.0383. The first kappa shape index (κ1) is 22.1. The molecule has 4 aromatic heterocycles. The van der Waals surface area contributed by atoms with Crippen molar-refractivity contribution < 1.29 is 9.47 Å². The van der Waals surface area contributed by atoms with Crippen molar-refractivity contribution in [1.29, 1.82) is 0 Å². The highest BCUT2D eigenvalue weighted by molar-refractivity contribution is 6.01. The molecular formula is C27H30N6O2. The topological polar surface area (TPSA) is 78.2 Å². The predicted octanol–water partition coefficient (Wildman–Crippen LogP) is 4.79. The minimum absolute atomic E-state index is 0.0776. The largest absolute Gasteiger partial charge is 0.377 e. The van der Waals surface area contributed by atoms with Crippen LogP contribution in [0.25, 0.3) is 33.5 Å². The summed E-state index contributed by atoms with van der Waals surface area (Å²) in [7, 11) is 0. The van der Waals surface area contributed by atoms with E-state index in [9.17, 15) is 0 Å². The highest BCUT2D eigenvalue weighted by atomic mass is 16.5. The van der Waals surface area contributed by atoms with Crippen LogP contribution < -0.4 is 4.90 Å². The van der Waals surface area contributed by atoms with Crippen molar-refractivity contribution in [1.82, 2.24) is 24.7 Å². The lowest BCUT2D eigenvalue weighted by Gasteiger charge is -2.34. The molecule has 4 aromatic rings. The maximum absolute atomic E-state index is 6.06. The van der Waals surface area contributed by atoms with Crippen LogP contribution in [0.1, 0.15) is 38.1 Å². The van der Waals surface area contributed by atoms with Crippen molar-refractivity contribution in [3.05, 3.63) is 54.5 Å². The predicted molar refractivity (Wildman–Crippen MR) is 135 cm³/mol. The number of hydrogen-bond acceptors (Lipinski definition) is 7. The van der Waals surface area contributed by atoms with E-state index in [2.05, 4.69) is 35.1 Å². The first-order valence-electron chi connectivity index (χ1n) is 12.4. The Hall–Kier alpha value is -3.36. The Labute approximate surface area is 204 Å². The summed E-state index contributed by atoms with van der Waals surface area (Å²) in [6.07, 6.45) is 6.77. The molecule has 2 atom stereocenters. The number of morpholine rings is 1. The number of pyridine rings is 3. The normalized spacial score (nSPS) is 20.9. The molecule has 8 nitrogen and oxygen atoms in total. The van der Waals surface area contributed by atoms with Gasteiger partial charge in [-0.25, -0.2) is 9.67 Å². The van der Waals surface area contributed by atoms with Crippen LogP contribution >= 0.6 is 0 Å². The van der Waals surface area contributed by atoms with E-state index >= 15 is 0 Å². The van der Waals surface area contributed by atoms with Crippen molar-refractivity contribution in [3.8, 4) is 22.6 Å². The molecule has 2 aliphatic heterocycles. The van der Waals surface area contributed by atoms with Gasteiger partial charge in [-0.1, -0.05) is 6.07 Å². The fourth-order valence-corrected chi connectivity index (χ4v) is 5.09. The second-order valence-corrected chi connectivity index (χ2v) is 9.35. The van der Waals surface area contributed by atoms with Gasteiger partial charge in [0.15, 0.2) is 6.23 Å². The zero-order chi connectivity index (χ0) is 23.8. The maximum atomic E-state index is 6.06. The molecule has 2 saturated heterocycles. The maximum Gasteiger partial charge on any atom is 0.150 e. The highest BCUT2D eigenvalue weighted by Gasteiger charge is 2.25. The Bertz CT molecular complexity index is 1350. The number of hydrogen-bond donors (Lipinski definition) is 0. The molecule has 0 aliphatic carbocycles. The van der Waals surface area contributed by atoms with Gasteiger partial charge in [-0.15, -0.1) is 0 Å². The van der Waals surface area contributed by atoms with Gasteiger partial charge in [-0.3, -0.25) is 9.97 Å². The molecule has 0 saturated carbocycles. The van der Waals surface area contributed by atoms with E-state index in [1.54, 1.807) is 0 Å². The van der Waals surface area contributed by atoms with Crippen LogP contribution in [0.15, 0.2) is 48.8 Å². The van der Waals surface area contributed by atoms with Gasteiger partial charge in [-0.2, -0.15) is 5.10 Å². The van der Waals surface area contributed by atoms with E-state index in [0.29, 0.717) is 13.2 Å². The molecule has 0 spiro atoms. The van der Waals surface area contributed by atoms with Gasteiger partial charge in [0.05, 0.1) is 30.6 Å². The molecule has 0 N–H and O–H groups in total. The van der Waals surface area contributed by atoms with Crippen LogP contribution in [-0.4, -0.2) is 57.1 Å². The van der Waals surface area contributed by atoms with E-state index in [4.69, 9.17) is 24.4 Å². The Morgan fingerprint density at radius 3 is 2.80 bits per heavy atom. The SMILES string of the molecule is Cc1cccc(-c2cc(N3CCOCC3C)nc3c(-c4ccnn4C4CCCCO4)nccc23)n1. The minimum atomic E-state index is -0.0776. The van der Waals surface area contributed by atoms with Gasteiger partial charge >= 0.3 is 0 Å². The van der Waals surface area contributed by atoms with Crippen LogP contribution in [0.4, 0.5) is 5.82 Å². The average molecular weight is 471 g/mol. The molecule has 0 amide bonds. The van der Waals surface area contributed by atoms with Crippen molar-refractivity contribution in [2.45, 2.75) is 45.4 Å². The molecule has 0 aromatic carbocycles. The Morgan fingerprint density at radius 1 is 1.03 bits per heavy atom. The number of ether oxygens (including phenoxy) is 2. The quantitative estimate of drug-likeness (QED) is 0.424. The molecule has 6 rings (SSSR count). The van der Waals surface area contributed by atoms with E-state index in [1.165, 1.54) is 0 Å². The summed E-state index contributed by atoms with van der Waals surface area (Å²) < 4.78 is 13.7. The molecule has 2 unspecified atom stereocenters. The molecule has 0 radical (unpaired) electrons. The fourth-order valence-electron chi connectivity index (χ4n) is 5.09. The number of rotatable bonds is 4. The second kappa shape index (κ2) is 9.36. The number of aromatic nitrogens is 5. The summed E-state index contributed by atoms with van der Waals surface area (Å²) in [5.74, 6) is 0.917. The number of fused-ring (bicyclic) bond motifs is 1. The second-order valence-electron chi connectivity index (χ2n) is 9.35. The van der Waals surface area contributed by atoms with Crippen LogP contribution in [0.3, 0.4) is 0 Å². The Balaban J connectivity index is 1.57. The van der Waals surface area contributed by atoms with Crippen LogP contribution in [0.2, 0.25) is 0 Å². The zero-order valence-corrected chi connectivity index (χ0v) is 20.2. The Kier molecular flexibility index (Phi) is 5.91. The fraction of sp³-hybridized carbons (Fsp3) is 0.407. The lowest BCUT2D eigenvalue weighted by atomic mass is 10.0. The van der Waals surface area contributed by atoms with Crippen molar-refractivity contribution >= 4 is 16.7 Å². The van der Waals surface area contributed by atoms with Gasteiger partial charge < -0.3 is 14.4 Å². The van der Waals surface area contributed by atoms with Gasteiger partial charge in [-0.05, 0) is 63.4 Å². The van der Waals surface area contributed by atoms with Gasteiger partial charge in [0.2, 0.25) is 0 Å².